The molecule has 18 heavy (non-hydrogen) atoms. The van der Waals surface area contributed by atoms with E-state index in [0.29, 0.717) is 5.75 Å². The van der Waals surface area contributed by atoms with Crippen LogP contribution in [0.2, 0.25) is 0 Å². The third-order valence-corrected chi connectivity index (χ3v) is 1.84. The Balaban J connectivity index is 0.000000411. The van der Waals surface area contributed by atoms with Crippen molar-refractivity contribution in [1.82, 2.24) is 0 Å². The first kappa shape index (κ1) is 15.6. The Hall–Kier alpha value is -2.36. The lowest BCUT2D eigenvalue weighted by molar-refractivity contribution is -0.134. The van der Waals surface area contributed by atoms with Crippen LogP contribution < -0.4 is 4.74 Å². The van der Waals surface area contributed by atoms with Crippen LogP contribution in [-0.2, 0) is 14.3 Å². The average Bonchev–Trinajstić information content (AvgIpc) is 2.41. The molecular formula is C14H16O4. The van der Waals surface area contributed by atoms with Crippen molar-refractivity contribution in [2.75, 3.05) is 7.11 Å². The first-order valence-corrected chi connectivity index (χ1v) is 5.15. The Morgan fingerprint density at radius 3 is 2.06 bits per heavy atom. The molecule has 0 unspecified atom stereocenters. The van der Waals surface area contributed by atoms with Crippen LogP contribution in [0, 0.1) is 6.92 Å². The van der Waals surface area contributed by atoms with Crippen LogP contribution in [0.4, 0.5) is 0 Å². The smallest absolute Gasteiger partial charge is 0.335 e. The molecule has 1 aromatic rings. The third-order valence-electron chi connectivity index (χ3n) is 1.84. The summed E-state index contributed by atoms with van der Waals surface area (Å²) in [5.41, 5.74) is 0.938. The summed E-state index contributed by atoms with van der Waals surface area (Å²) in [6, 6.07) is 7.34. The SMILES string of the molecule is C=CC(=O)OC.C=CC(=O)Oc1ccccc1C. The fourth-order valence-corrected chi connectivity index (χ4v) is 0.904. The molecule has 0 spiro atoms. The highest BCUT2D eigenvalue weighted by Gasteiger charge is 2.00. The number of hydrogen-bond donors (Lipinski definition) is 0. The van der Waals surface area contributed by atoms with E-state index in [4.69, 9.17) is 4.74 Å². The molecule has 0 bridgehead atoms. The van der Waals surface area contributed by atoms with Crippen LogP contribution in [0.15, 0.2) is 49.6 Å². The van der Waals surface area contributed by atoms with Crippen molar-refractivity contribution in [2.45, 2.75) is 6.92 Å². The standard InChI is InChI=1S/C10H10O2.C4H6O2/c1-3-10(11)12-9-7-5-4-6-8(9)2;1-3-4(5)6-2/h3-7H,1H2,2H3;3H,1H2,2H3. The Morgan fingerprint density at radius 2 is 1.67 bits per heavy atom. The van der Waals surface area contributed by atoms with Crippen molar-refractivity contribution in [2.24, 2.45) is 0 Å². The Morgan fingerprint density at radius 1 is 1.11 bits per heavy atom. The lowest BCUT2D eigenvalue weighted by atomic mass is 10.2. The lowest BCUT2D eigenvalue weighted by Crippen LogP contribution is -2.03. The number of hydrogen-bond acceptors (Lipinski definition) is 4. The molecule has 0 amide bonds. The number of aryl methyl sites for hydroxylation is 1. The van der Waals surface area contributed by atoms with E-state index in [9.17, 15) is 9.59 Å². The largest absolute Gasteiger partial charge is 0.466 e. The molecular weight excluding hydrogens is 232 g/mol. The van der Waals surface area contributed by atoms with Crippen molar-refractivity contribution in [3.05, 3.63) is 55.1 Å². The minimum Gasteiger partial charge on any atom is -0.466 e. The van der Waals surface area contributed by atoms with Crippen molar-refractivity contribution >= 4 is 11.9 Å². The van der Waals surface area contributed by atoms with Gasteiger partial charge in [0.25, 0.3) is 0 Å². The van der Waals surface area contributed by atoms with E-state index in [0.717, 1.165) is 17.7 Å². The second kappa shape index (κ2) is 8.75. The highest BCUT2D eigenvalue weighted by molar-refractivity contribution is 5.83. The Kier molecular flexibility index (Phi) is 7.61. The zero-order valence-electron chi connectivity index (χ0n) is 10.5. The van der Waals surface area contributed by atoms with Gasteiger partial charge in [-0.2, -0.15) is 0 Å². The van der Waals surface area contributed by atoms with Crippen LogP contribution in [0.3, 0.4) is 0 Å². The summed E-state index contributed by atoms with van der Waals surface area (Å²) in [7, 11) is 1.31. The Labute approximate surface area is 107 Å². The van der Waals surface area contributed by atoms with Gasteiger partial charge in [-0.15, -0.1) is 0 Å². The van der Waals surface area contributed by atoms with Crippen LogP contribution in [0.5, 0.6) is 5.75 Å². The minimum atomic E-state index is -0.427. The highest BCUT2D eigenvalue weighted by Crippen LogP contribution is 2.15. The normalized spacial score (nSPS) is 8.33. The van der Waals surface area contributed by atoms with E-state index in [2.05, 4.69) is 17.9 Å². The van der Waals surface area contributed by atoms with Gasteiger partial charge in [-0.1, -0.05) is 31.4 Å². The number of ether oxygens (including phenoxy) is 2. The zero-order valence-corrected chi connectivity index (χ0v) is 10.5. The van der Waals surface area contributed by atoms with E-state index in [1.165, 1.54) is 7.11 Å². The average molecular weight is 248 g/mol. The molecule has 96 valence electrons. The van der Waals surface area contributed by atoms with Gasteiger partial charge < -0.3 is 9.47 Å². The van der Waals surface area contributed by atoms with Crippen molar-refractivity contribution in [3.8, 4) is 5.75 Å². The first-order chi connectivity index (χ1) is 8.54. The zero-order chi connectivity index (χ0) is 14.0. The fraction of sp³-hybridized carbons (Fsp3) is 0.143. The maximum absolute atomic E-state index is 10.8. The van der Waals surface area contributed by atoms with Crippen LogP contribution in [0.25, 0.3) is 0 Å². The second-order valence-electron chi connectivity index (χ2n) is 3.12. The predicted molar refractivity (Wildman–Crippen MR) is 69.2 cm³/mol. The van der Waals surface area contributed by atoms with Gasteiger partial charge in [0, 0.05) is 12.2 Å². The molecule has 0 N–H and O–H groups in total. The monoisotopic (exact) mass is 248 g/mol. The minimum absolute atomic E-state index is 0.394. The molecule has 0 heterocycles. The van der Waals surface area contributed by atoms with E-state index in [1.54, 1.807) is 6.07 Å². The fourth-order valence-electron chi connectivity index (χ4n) is 0.904. The summed E-state index contributed by atoms with van der Waals surface area (Å²) < 4.78 is 9.08. The highest BCUT2D eigenvalue weighted by atomic mass is 16.5. The van der Waals surface area contributed by atoms with Crippen molar-refractivity contribution < 1.29 is 19.1 Å². The number of carbonyl (C=O) groups excluding carboxylic acids is 2. The topological polar surface area (TPSA) is 52.6 Å². The van der Waals surface area contributed by atoms with Gasteiger partial charge in [-0.3, -0.25) is 0 Å². The van der Waals surface area contributed by atoms with Crippen LogP contribution in [0.1, 0.15) is 5.56 Å². The maximum atomic E-state index is 10.8. The molecule has 0 saturated carbocycles. The summed E-state index contributed by atoms with van der Waals surface area (Å²) in [6.45, 7) is 8.35. The molecule has 4 nitrogen and oxygen atoms in total. The lowest BCUT2D eigenvalue weighted by Gasteiger charge is -2.03. The molecule has 0 fully saturated rings. The first-order valence-electron chi connectivity index (χ1n) is 5.15. The summed E-state index contributed by atoms with van der Waals surface area (Å²) in [5, 5.41) is 0. The number of benzene rings is 1. The molecule has 0 aliphatic carbocycles. The quantitative estimate of drug-likeness (QED) is 0.468. The molecule has 0 radical (unpaired) electrons. The summed E-state index contributed by atoms with van der Waals surface area (Å²) >= 11 is 0. The number of esters is 2. The summed E-state index contributed by atoms with van der Waals surface area (Å²) in [5.74, 6) is -0.235. The van der Waals surface area contributed by atoms with E-state index in [1.807, 2.05) is 25.1 Å². The molecule has 4 heteroatoms. The molecule has 1 aromatic carbocycles. The van der Waals surface area contributed by atoms with Gasteiger partial charge in [0.15, 0.2) is 0 Å². The molecule has 1 rings (SSSR count). The number of rotatable bonds is 3. The van der Waals surface area contributed by atoms with E-state index >= 15 is 0 Å². The Bertz CT molecular complexity index is 435. The van der Waals surface area contributed by atoms with Gasteiger partial charge in [0.05, 0.1) is 7.11 Å². The van der Waals surface area contributed by atoms with Crippen LogP contribution in [-0.4, -0.2) is 19.0 Å². The molecule has 0 saturated heterocycles. The number of carbonyl (C=O) groups is 2. The van der Waals surface area contributed by atoms with Crippen molar-refractivity contribution in [3.63, 3.8) is 0 Å². The number of methoxy groups -OCH3 is 1. The van der Waals surface area contributed by atoms with Gasteiger partial charge in [-0.25, -0.2) is 9.59 Å². The van der Waals surface area contributed by atoms with E-state index in [-0.39, 0.29) is 0 Å². The summed E-state index contributed by atoms with van der Waals surface area (Å²) in [6.07, 6.45) is 2.26. The van der Waals surface area contributed by atoms with Gasteiger partial charge >= 0.3 is 11.9 Å². The number of para-hydroxylation sites is 1. The molecule has 0 atom stereocenters. The van der Waals surface area contributed by atoms with Crippen molar-refractivity contribution in [1.29, 1.82) is 0 Å². The molecule has 0 aliphatic rings. The van der Waals surface area contributed by atoms with Gasteiger partial charge in [-0.05, 0) is 18.6 Å². The third kappa shape index (κ3) is 6.27. The van der Waals surface area contributed by atoms with Gasteiger partial charge in [0.1, 0.15) is 5.75 Å². The summed E-state index contributed by atoms with van der Waals surface area (Å²) in [4.78, 5) is 20.6. The molecule has 0 aliphatic heterocycles. The second-order valence-corrected chi connectivity index (χ2v) is 3.12. The molecule has 0 aromatic heterocycles. The predicted octanol–water partition coefficient (Wildman–Crippen LogP) is 2.43. The van der Waals surface area contributed by atoms with Gasteiger partial charge in [0.2, 0.25) is 0 Å². The van der Waals surface area contributed by atoms with Crippen LogP contribution >= 0.6 is 0 Å². The maximum Gasteiger partial charge on any atom is 0.335 e. The van der Waals surface area contributed by atoms with E-state index < -0.39 is 11.9 Å².